The molecule has 0 rings (SSSR count). The van der Waals surface area contributed by atoms with Crippen molar-refractivity contribution in [3.05, 3.63) is 0 Å². The predicted octanol–water partition coefficient (Wildman–Crippen LogP) is 0.359. The summed E-state index contributed by atoms with van der Waals surface area (Å²) in [5.74, 6) is -3.70. The van der Waals surface area contributed by atoms with Crippen LogP contribution in [0.3, 0.4) is 0 Å². The Morgan fingerprint density at radius 3 is 1.91 bits per heavy atom. The van der Waals surface area contributed by atoms with Crippen molar-refractivity contribution in [2.75, 3.05) is 14.2 Å². The average molecular weight is 162 g/mol. The Bertz CT molecular complexity index is 174. The van der Waals surface area contributed by atoms with Gasteiger partial charge in [-0.05, 0) is 6.42 Å². The molecule has 0 aromatic carbocycles. The molecule has 11 heavy (non-hydrogen) atoms. The summed E-state index contributed by atoms with van der Waals surface area (Å²) in [7, 11) is 2.26. The van der Waals surface area contributed by atoms with E-state index in [0.29, 0.717) is 0 Å². The van der Waals surface area contributed by atoms with Crippen LogP contribution in [0.2, 0.25) is 0 Å². The zero-order valence-corrected chi connectivity index (χ0v) is 6.84. The Morgan fingerprint density at radius 1 is 1.36 bits per heavy atom. The van der Waals surface area contributed by atoms with Crippen molar-refractivity contribution in [3.63, 3.8) is 0 Å². The molecule has 0 aliphatic carbocycles. The van der Waals surface area contributed by atoms with Crippen LogP contribution in [0.1, 0.15) is 14.7 Å². The molecule has 0 N–H and O–H groups in total. The van der Waals surface area contributed by atoms with E-state index in [1.165, 1.54) is 0 Å². The minimum Gasteiger partial charge on any atom is -0.468 e. The van der Waals surface area contributed by atoms with Gasteiger partial charge in [-0.15, -0.1) is 0 Å². The summed E-state index contributed by atoms with van der Waals surface area (Å²) in [6, 6.07) is 0. The van der Waals surface area contributed by atoms with Crippen LogP contribution in [0, 0.1) is 5.89 Å². The smallest absolute Gasteiger partial charge is 0.320 e. The van der Waals surface area contributed by atoms with Crippen molar-refractivity contribution in [3.8, 4) is 0 Å². The van der Waals surface area contributed by atoms with Gasteiger partial charge in [0.2, 0.25) is 0 Å². The zero-order valence-electron chi connectivity index (χ0n) is 7.84. The van der Waals surface area contributed by atoms with Crippen LogP contribution in [0.5, 0.6) is 0 Å². The third kappa shape index (κ3) is 2.57. The van der Waals surface area contributed by atoms with Crippen molar-refractivity contribution in [2.45, 2.75) is 13.3 Å². The van der Waals surface area contributed by atoms with Gasteiger partial charge in [0, 0.05) is 0 Å². The molecule has 4 nitrogen and oxygen atoms in total. The van der Waals surface area contributed by atoms with Gasteiger partial charge in [0.15, 0.2) is 5.89 Å². The number of methoxy groups -OCH3 is 2. The van der Waals surface area contributed by atoms with Crippen molar-refractivity contribution in [1.82, 2.24) is 0 Å². The number of esters is 2. The molecule has 0 heterocycles. The third-order valence-corrected chi connectivity index (χ3v) is 1.22. The van der Waals surface area contributed by atoms with Crippen LogP contribution < -0.4 is 0 Å². The number of rotatable bonds is 3. The Hall–Kier alpha value is -1.06. The van der Waals surface area contributed by atoms with E-state index in [-0.39, 0.29) is 6.42 Å². The van der Waals surface area contributed by atoms with Gasteiger partial charge in [0.25, 0.3) is 0 Å². The van der Waals surface area contributed by atoms with E-state index in [1.807, 2.05) is 0 Å². The number of carbonyl (C=O) groups is 2. The monoisotopic (exact) mass is 162 g/mol. The minimum absolute atomic E-state index is 0.0341. The van der Waals surface area contributed by atoms with Crippen molar-refractivity contribution >= 4 is 11.9 Å². The second-order valence-electron chi connectivity index (χ2n) is 1.82. The lowest BCUT2D eigenvalue weighted by Gasteiger charge is -2.08. The molecule has 0 unspecified atom stereocenters. The van der Waals surface area contributed by atoms with Gasteiger partial charge >= 0.3 is 11.9 Å². The summed E-state index contributed by atoms with van der Waals surface area (Å²) in [6.45, 7) is 1.54. The quantitative estimate of drug-likeness (QED) is 0.444. The molecule has 0 fully saturated rings. The van der Waals surface area contributed by atoms with Crippen molar-refractivity contribution < 1.29 is 20.4 Å². The van der Waals surface area contributed by atoms with Gasteiger partial charge < -0.3 is 9.47 Å². The van der Waals surface area contributed by atoms with Crippen molar-refractivity contribution in [2.24, 2.45) is 5.89 Å². The summed E-state index contributed by atoms with van der Waals surface area (Å²) in [5, 5.41) is 0. The van der Waals surface area contributed by atoms with Crippen LogP contribution in [0.15, 0.2) is 0 Å². The molecule has 0 bridgehead atoms. The first-order chi connectivity index (χ1) is 5.52. The van der Waals surface area contributed by atoms with Gasteiger partial charge in [0.1, 0.15) is 0 Å². The molecule has 0 aliphatic rings. The highest BCUT2D eigenvalue weighted by Crippen LogP contribution is 2.06. The minimum atomic E-state index is -1.91. The van der Waals surface area contributed by atoms with Gasteiger partial charge in [-0.3, -0.25) is 9.59 Å². The van der Waals surface area contributed by atoms with Gasteiger partial charge in [-0.25, -0.2) is 0 Å². The van der Waals surface area contributed by atoms with E-state index in [1.54, 1.807) is 6.92 Å². The van der Waals surface area contributed by atoms with E-state index >= 15 is 0 Å². The van der Waals surface area contributed by atoms with E-state index < -0.39 is 17.8 Å². The molecule has 0 radical (unpaired) electrons. The summed E-state index contributed by atoms with van der Waals surface area (Å²) >= 11 is 0. The first-order valence-corrected chi connectivity index (χ1v) is 3.19. The molecule has 0 saturated heterocycles. The Morgan fingerprint density at radius 2 is 1.73 bits per heavy atom. The molecular weight excluding hydrogens is 148 g/mol. The lowest BCUT2D eigenvalue weighted by atomic mass is 10.1. The molecule has 0 amide bonds. The largest absolute Gasteiger partial charge is 0.468 e. The topological polar surface area (TPSA) is 52.6 Å². The van der Waals surface area contributed by atoms with Crippen LogP contribution >= 0.6 is 0 Å². The summed E-state index contributed by atoms with van der Waals surface area (Å²) in [6.07, 6.45) is 0.0341. The molecule has 0 aromatic rings. The Kier molecular flexibility index (Phi) is 3.44. The Balaban J connectivity index is 4.66. The number of carbonyl (C=O) groups excluding carboxylic acids is 2. The maximum atomic E-state index is 11.0. The summed E-state index contributed by atoms with van der Waals surface area (Å²) in [4.78, 5) is 21.9. The maximum absolute atomic E-state index is 11.0. The SMILES string of the molecule is [3H]C(CC)(C(=O)OC)C(=O)OC. The van der Waals surface area contributed by atoms with Crippen LogP contribution in [0.4, 0.5) is 0 Å². The predicted molar refractivity (Wildman–Crippen MR) is 37.8 cm³/mol. The highest BCUT2D eigenvalue weighted by atomic mass is 16.5. The van der Waals surface area contributed by atoms with Gasteiger partial charge in [0.05, 0.1) is 15.6 Å². The van der Waals surface area contributed by atoms with Crippen LogP contribution in [-0.4, -0.2) is 26.2 Å². The van der Waals surface area contributed by atoms with Crippen LogP contribution in [0.25, 0.3) is 0 Å². The molecule has 0 atom stereocenters. The van der Waals surface area contributed by atoms with Crippen LogP contribution in [-0.2, 0) is 19.1 Å². The third-order valence-electron chi connectivity index (χ3n) is 1.22. The fraction of sp³-hybridized carbons (Fsp3) is 0.714. The molecule has 64 valence electrons. The number of hydrogen-bond acceptors (Lipinski definition) is 4. The summed E-state index contributed by atoms with van der Waals surface area (Å²) in [5.41, 5.74) is 0. The molecular formula is C7H12O4. The molecule has 4 heteroatoms. The fourth-order valence-corrected chi connectivity index (χ4v) is 0.618. The van der Waals surface area contributed by atoms with Crippen molar-refractivity contribution in [1.29, 1.82) is 0 Å². The molecule has 0 saturated carbocycles. The highest BCUT2D eigenvalue weighted by molar-refractivity contribution is 5.94. The van der Waals surface area contributed by atoms with E-state index in [0.717, 1.165) is 14.2 Å². The van der Waals surface area contributed by atoms with E-state index in [9.17, 15) is 9.59 Å². The van der Waals surface area contributed by atoms with E-state index in [2.05, 4.69) is 9.47 Å². The molecule has 0 aliphatic heterocycles. The second kappa shape index (κ2) is 4.71. The zero-order chi connectivity index (χ0) is 9.78. The standard InChI is InChI=1S/C7H12O4/c1-4-5(6(8)10-2)7(9)11-3/h5H,4H2,1-3H3/i5T. The average Bonchev–Trinajstić information content (AvgIpc) is 2.13. The lowest BCUT2D eigenvalue weighted by Crippen LogP contribution is -2.25. The number of ether oxygens (including phenoxy) is 2. The second-order valence-corrected chi connectivity index (χ2v) is 1.82. The number of hydrogen-bond donors (Lipinski definition) is 0. The maximum Gasteiger partial charge on any atom is 0.320 e. The molecule has 0 spiro atoms. The van der Waals surface area contributed by atoms with Gasteiger partial charge in [-0.1, -0.05) is 6.92 Å². The fourth-order valence-electron chi connectivity index (χ4n) is 0.618. The molecule has 0 aromatic heterocycles. The lowest BCUT2D eigenvalue weighted by molar-refractivity contribution is -0.158. The first kappa shape index (κ1) is 8.04. The first-order valence-electron chi connectivity index (χ1n) is 3.69. The van der Waals surface area contributed by atoms with E-state index in [4.69, 9.17) is 1.37 Å². The highest BCUT2D eigenvalue weighted by Gasteiger charge is 2.25. The summed E-state index contributed by atoms with van der Waals surface area (Å²) < 4.78 is 16.0. The van der Waals surface area contributed by atoms with Gasteiger partial charge in [-0.2, -0.15) is 0 Å². The normalized spacial score (nSPS) is 11.7. The Labute approximate surface area is 66.9 Å².